The van der Waals surface area contributed by atoms with Crippen molar-refractivity contribution < 1.29 is 37.1 Å². The van der Waals surface area contributed by atoms with Crippen LogP contribution in [0, 0.1) is 18.7 Å². The number of carbonyl (C=O) groups is 3. The van der Waals surface area contributed by atoms with E-state index < -0.39 is 53.8 Å². The minimum Gasteiger partial charge on any atom is -0.480 e. The Kier molecular flexibility index (Phi) is 5.70. The molecule has 2 aliphatic rings. The summed E-state index contributed by atoms with van der Waals surface area (Å²) in [5.74, 6) is -4.41. The molecule has 0 unspecified atom stereocenters. The van der Waals surface area contributed by atoms with Gasteiger partial charge in [0.15, 0.2) is 0 Å². The SMILES string of the molecule is Cc1cc(C(F)(F)F)cc(N2C(=O)C[C@@H]3CN(CC(=O)O)c4c(F)cccc4N(C)C(=O)[C@H]32)n1. The van der Waals surface area contributed by atoms with Crippen molar-refractivity contribution in [3.63, 3.8) is 0 Å². The molecule has 0 radical (unpaired) electrons. The van der Waals surface area contributed by atoms with E-state index in [1.54, 1.807) is 0 Å². The number of para-hydroxylation sites is 1. The van der Waals surface area contributed by atoms with Crippen LogP contribution in [0.15, 0.2) is 30.3 Å². The van der Waals surface area contributed by atoms with Gasteiger partial charge in [0.1, 0.15) is 24.2 Å². The first-order chi connectivity index (χ1) is 15.9. The number of aromatic nitrogens is 1. The number of pyridine rings is 1. The second-order valence-corrected chi connectivity index (χ2v) is 8.31. The molecule has 2 atom stereocenters. The molecule has 34 heavy (non-hydrogen) atoms. The van der Waals surface area contributed by atoms with Crippen LogP contribution in [0.2, 0.25) is 0 Å². The number of carboxylic acid groups (broad SMARTS) is 1. The number of carboxylic acids is 1. The maximum Gasteiger partial charge on any atom is 0.416 e. The van der Waals surface area contributed by atoms with E-state index in [1.807, 2.05) is 0 Å². The molecule has 1 saturated heterocycles. The molecule has 2 aliphatic heterocycles. The van der Waals surface area contributed by atoms with Crippen LogP contribution in [0.4, 0.5) is 34.8 Å². The number of aryl methyl sites for hydroxylation is 1. The van der Waals surface area contributed by atoms with Crippen LogP contribution in [0.5, 0.6) is 0 Å². The average Bonchev–Trinajstić information content (AvgIpc) is 3.05. The second-order valence-electron chi connectivity index (χ2n) is 8.31. The lowest BCUT2D eigenvalue weighted by molar-refractivity contribution is -0.138. The summed E-state index contributed by atoms with van der Waals surface area (Å²) in [5.41, 5.74) is -1.03. The van der Waals surface area contributed by atoms with Gasteiger partial charge < -0.3 is 14.9 Å². The predicted octanol–water partition coefficient (Wildman–Crippen LogP) is 2.84. The third kappa shape index (κ3) is 4.03. The zero-order valence-electron chi connectivity index (χ0n) is 18.1. The smallest absolute Gasteiger partial charge is 0.416 e. The monoisotopic (exact) mass is 480 g/mol. The number of halogens is 4. The minimum atomic E-state index is -4.69. The van der Waals surface area contributed by atoms with Gasteiger partial charge in [-0.1, -0.05) is 6.07 Å². The summed E-state index contributed by atoms with van der Waals surface area (Å²) >= 11 is 0. The molecule has 12 heteroatoms. The lowest BCUT2D eigenvalue weighted by atomic mass is 9.95. The highest BCUT2D eigenvalue weighted by molar-refractivity contribution is 6.10. The number of carbonyl (C=O) groups excluding carboxylic acids is 2. The van der Waals surface area contributed by atoms with Crippen LogP contribution in [0.25, 0.3) is 0 Å². The summed E-state index contributed by atoms with van der Waals surface area (Å²) in [6, 6.07) is 4.21. The van der Waals surface area contributed by atoms with Gasteiger partial charge in [-0.3, -0.25) is 19.3 Å². The molecule has 1 fully saturated rings. The topological polar surface area (TPSA) is 94.0 Å². The first-order valence-corrected chi connectivity index (χ1v) is 10.3. The third-order valence-electron chi connectivity index (χ3n) is 5.95. The Morgan fingerprint density at radius 3 is 2.59 bits per heavy atom. The fourth-order valence-corrected chi connectivity index (χ4v) is 4.57. The number of benzene rings is 1. The van der Waals surface area contributed by atoms with E-state index in [0.29, 0.717) is 6.07 Å². The van der Waals surface area contributed by atoms with Gasteiger partial charge in [0.2, 0.25) is 11.8 Å². The molecule has 2 aromatic rings. The lowest BCUT2D eigenvalue weighted by Gasteiger charge is -2.38. The van der Waals surface area contributed by atoms with Crippen LogP contribution in [0.1, 0.15) is 17.7 Å². The molecule has 8 nitrogen and oxygen atoms in total. The van der Waals surface area contributed by atoms with E-state index in [0.717, 1.165) is 21.9 Å². The van der Waals surface area contributed by atoms with Gasteiger partial charge in [-0.25, -0.2) is 9.37 Å². The minimum absolute atomic E-state index is 0.00708. The van der Waals surface area contributed by atoms with Crippen LogP contribution >= 0.6 is 0 Å². The Labute approximate surface area is 191 Å². The standard InChI is InChI=1S/C22H20F4N4O4/c1-11-6-13(22(24,25)26)8-16(27-11)30-17(31)7-12-9-29(10-18(32)33)20-14(23)4-3-5-15(20)28(2)21(34)19(12)30/h3-6,8,12,19H,7,9-10H2,1-2H3,(H,32,33)/t12-,19+/m1/s1. The molecular formula is C22H20F4N4O4. The van der Waals surface area contributed by atoms with E-state index >= 15 is 0 Å². The number of rotatable bonds is 3. The molecule has 0 spiro atoms. The maximum atomic E-state index is 14.8. The lowest BCUT2D eigenvalue weighted by Crippen LogP contribution is -2.53. The fraction of sp³-hybridized carbons (Fsp3) is 0.364. The first-order valence-electron chi connectivity index (χ1n) is 10.3. The second kappa shape index (κ2) is 8.26. The van der Waals surface area contributed by atoms with E-state index in [4.69, 9.17) is 0 Å². The molecule has 180 valence electrons. The summed E-state index contributed by atoms with van der Waals surface area (Å²) in [7, 11) is 1.34. The van der Waals surface area contributed by atoms with Crippen molar-refractivity contribution in [2.24, 2.45) is 5.92 Å². The van der Waals surface area contributed by atoms with Crippen LogP contribution < -0.4 is 14.7 Å². The molecule has 1 N–H and O–H groups in total. The highest BCUT2D eigenvalue weighted by atomic mass is 19.4. The first kappa shape index (κ1) is 23.5. The molecule has 3 heterocycles. The number of anilines is 3. The molecular weight excluding hydrogens is 460 g/mol. The summed E-state index contributed by atoms with van der Waals surface area (Å²) in [5, 5.41) is 9.38. The van der Waals surface area contributed by atoms with Gasteiger partial charge in [-0.2, -0.15) is 13.2 Å². The maximum absolute atomic E-state index is 14.8. The van der Waals surface area contributed by atoms with Gasteiger partial charge in [0.05, 0.1) is 16.9 Å². The highest BCUT2D eigenvalue weighted by Crippen LogP contribution is 2.41. The quantitative estimate of drug-likeness (QED) is 0.680. The average molecular weight is 480 g/mol. The Hall–Kier alpha value is -3.70. The molecule has 0 bridgehead atoms. The summed E-state index contributed by atoms with van der Waals surface area (Å²) < 4.78 is 55.0. The summed E-state index contributed by atoms with van der Waals surface area (Å²) in [4.78, 5) is 45.3. The normalized spacial score (nSPS) is 20.7. The third-order valence-corrected chi connectivity index (χ3v) is 5.95. The van der Waals surface area contributed by atoms with Crippen LogP contribution in [-0.4, -0.2) is 54.1 Å². The van der Waals surface area contributed by atoms with Crippen LogP contribution in [0.3, 0.4) is 0 Å². The zero-order valence-corrected chi connectivity index (χ0v) is 18.1. The molecule has 1 aromatic carbocycles. The molecule has 0 aliphatic carbocycles. The predicted molar refractivity (Wildman–Crippen MR) is 113 cm³/mol. The molecule has 2 amide bonds. The van der Waals surface area contributed by atoms with Crippen molar-refractivity contribution in [3.8, 4) is 0 Å². The van der Waals surface area contributed by atoms with Crippen molar-refractivity contribution >= 4 is 35.0 Å². The Balaban J connectivity index is 1.85. The number of nitrogens with zero attached hydrogens (tertiary/aromatic N) is 4. The number of aliphatic carboxylic acids is 1. The van der Waals surface area contributed by atoms with E-state index in [-0.39, 0.29) is 35.9 Å². The Morgan fingerprint density at radius 2 is 1.94 bits per heavy atom. The van der Waals surface area contributed by atoms with Gasteiger partial charge in [-0.15, -0.1) is 0 Å². The number of alkyl halides is 3. The molecule has 0 saturated carbocycles. The summed E-state index contributed by atoms with van der Waals surface area (Å²) in [6.07, 6.45) is -4.94. The van der Waals surface area contributed by atoms with Crippen molar-refractivity contribution in [2.45, 2.75) is 25.6 Å². The largest absolute Gasteiger partial charge is 0.480 e. The van der Waals surface area contributed by atoms with E-state index in [1.165, 1.54) is 31.0 Å². The van der Waals surface area contributed by atoms with E-state index in [2.05, 4.69) is 4.98 Å². The number of fused-ring (bicyclic) bond motifs is 2. The summed E-state index contributed by atoms with van der Waals surface area (Å²) in [6.45, 7) is 0.565. The Bertz CT molecular complexity index is 1190. The zero-order chi connectivity index (χ0) is 24.9. The number of hydrogen-bond donors (Lipinski definition) is 1. The van der Waals surface area contributed by atoms with Crippen molar-refractivity contribution in [3.05, 3.63) is 47.4 Å². The van der Waals surface area contributed by atoms with Gasteiger partial charge in [-0.05, 0) is 31.2 Å². The fourth-order valence-electron chi connectivity index (χ4n) is 4.57. The Morgan fingerprint density at radius 1 is 1.24 bits per heavy atom. The van der Waals surface area contributed by atoms with Crippen LogP contribution in [-0.2, 0) is 20.6 Å². The van der Waals surface area contributed by atoms with Crippen molar-refractivity contribution in [1.82, 2.24) is 4.98 Å². The molecule has 1 aromatic heterocycles. The van der Waals surface area contributed by atoms with E-state index in [9.17, 15) is 37.1 Å². The number of hydrogen-bond acceptors (Lipinski definition) is 5. The van der Waals surface area contributed by atoms with Crippen molar-refractivity contribution in [1.29, 1.82) is 0 Å². The van der Waals surface area contributed by atoms with Gasteiger partial charge in [0.25, 0.3) is 0 Å². The van der Waals surface area contributed by atoms with Crippen molar-refractivity contribution in [2.75, 3.05) is 34.8 Å². The number of likely N-dealkylation sites (N-methyl/N-ethyl adjacent to an activating group) is 1. The number of amides is 2. The van der Waals surface area contributed by atoms with Gasteiger partial charge in [0, 0.05) is 31.6 Å². The highest BCUT2D eigenvalue weighted by Gasteiger charge is 2.49. The molecule has 4 rings (SSSR count). The van der Waals surface area contributed by atoms with Gasteiger partial charge >= 0.3 is 12.1 Å².